The van der Waals surface area contributed by atoms with E-state index >= 15 is 0 Å². The normalized spacial score (nSPS) is 28.1. The molecule has 0 saturated heterocycles. The molecule has 1 aliphatic heterocycles. The summed E-state index contributed by atoms with van der Waals surface area (Å²) in [5, 5.41) is 12.5. The number of allylic oxidation sites excluding steroid dienone is 2. The number of Topliss-reactive ketones (excluding diaryl/α,β-unsaturated/α-hetero) is 1. The van der Waals surface area contributed by atoms with Crippen LogP contribution in [0.5, 0.6) is 0 Å². The SMILES string of the molecule is CCOC(=O)C1(O)CC(c2cccs2)C2=C(CCCC2=O)O1. The van der Waals surface area contributed by atoms with Crippen LogP contribution in [0, 0.1) is 0 Å². The number of carbonyl (C=O) groups excluding carboxylic acids is 2. The van der Waals surface area contributed by atoms with E-state index < -0.39 is 11.8 Å². The average Bonchev–Trinajstić information content (AvgIpc) is 3.01. The third kappa shape index (κ3) is 2.57. The Bertz CT molecular complexity index is 618. The first-order chi connectivity index (χ1) is 10.5. The molecular formula is C16H18O5S. The zero-order valence-electron chi connectivity index (χ0n) is 12.3. The van der Waals surface area contributed by atoms with Crippen molar-refractivity contribution in [2.24, 2.45) is 0 Å². The van der Waals surface area contributed by atoms with Gasteiger partial charge in [0, 0.05) is 35.6 Å². The topological polar surface area (TPSA) is 72.8 Å². The highest BCUT2D eigenvalue weighted by Crippen LogP contribution is 2.46. The summed E-state index contributed by atoms with van der Waals surface area (Å²) in [6, 6.07) is 3.81. The van der Waals surface area contributed by atoms with Crippen molar-refractivity contribution < 1.29 is 24.2 Å². The van der Waals surface area contributed by atoms with Crippen molar-refractivity contribution in [3.05, 3.63) is 33.7 Å². The minimum Gasteiger partial charge on any atom is -0.461 e. The Morgan fingerprint density at radius 1 is 1.55 bits per heavy atom. The van der Waals surface area contributed by atoms with Crippen LogP contribution in [-0.2, 0) is 19.1 Å². The molecule has 2 atom stereocenters. The smallest absolute Gasteiger partial charge is 0.379 e. The van der Waals surface area contributed by atoms with Gasteiger partial charge in [-0.2, -0.15) is 0 Å². The predicted octanol–water partition coefficient (Wildman–Crippen LogP) is 2.51. The lowest BCUT2D eigenvalue weighted by atomic mass is 9.80. The number of aliphatic hydroxyl groups is 1. The summed E-state index contributed by atoms with van der Waals surface area (Å²) in [5.41, 5.74) is 0.614. The van der Waals surface area contributed by atoms with Crippen molar-refractivity contribution in [1.29, 1.82) is 0 Å². The van der Waals surface area contributed by atoms with Crippen LogP contribution in [0.3, 0.4) is 0 Å². The predicted molar refractivity (Wildman–Crippen MR) is 80.2 cm³/mol. The molecule has 1 aromatic heterocycles. The zero-order valence-corrected chi connectivity index (χ0v) is 13.1. The average molecular weight is 322 g/mol. The van der Waals surface area contributed by atoms with E-state index in [9.17, 15) is 14.7 Å². The first-order valence-corrected chi connectivity index (χ1v) is 8.31. The van der Waals surface area contributed by atoms with Crippen molar-refractivity contribution in [3.63, 3.8) is 0 Å². The van der Waals surface area contributed by atoms with Crippen molar-refractivity contribution in [1.82, 2.24) is 0 Å². The summed E-state index contributed by atoms with van der Waals surface area (Å²) >= 11 is 1.51. The molecule has 3 rings (SSSR count). The van der Waals surface area contributed by atoms with Gasteiger partial charge in [0.1, 0.15) is 5.76 Å². The van der Waals surface area contributed by atoms with E-state index in [-0.39, 0.29) is 24.7 Å². The molecule has 0 spiro atoms. The van der Waals surface area contributed by atoms with Crippen LogP contribution in [0.2, 0.25) is 0 Å². The van der Waals surface area contributed by atoms with Gasteiger partial charge >= 0.3 is 11.8 Å². The van der Waals surface area contributed by atoms with E-state index in [4.69, 9.17) is 9.47 Å². The summed E-state index contributed by atoms with van der Waals surface area (Å²) in [5.74, 6) is -2.63. The molecule has 0 fully saturated rings. The maximum atomic E-state index is 12.3. The third-order valence-electron chi connectivity index (χ3n) is 4.01. The standard InChI is InChI=1S/C16H18O5S/c1-2-20-15(18)16(19)9-10(13-7-4-8-22-13)14-11(17)5-3-6-12(14)21-16/h4,7-8,10,19H,2-3,5-6,9H2,1H3. The fraction of sp³-hybridized carbons (Fsp3) is 0.500. The minimum atomic E-state index is -2.01. The molecule has 2 aliphatic rings. The van der Waals surface area contributed by atoms with E-state index in [0.717, 1.165) is 4.88 Å². The van der Waals surface area contributed by atoms with Gasteiger partial charge in [-0.05, 0) is 24.8 Å². The molecule has 0 saturated carbocycles. The van der Waals surface area contributed by atoms with Gasteiger partial charge in [0.15, 0.2) is 5.78 Å². The molecule has 5 nitrogen and oxygen atoms in total. The third-order valence-corrected chi connectivity index (χ3v) is 5.00. The molecule has 0 radical (unpaired) electrons. The highest BCUT2D eigenvalue weighted by molar-refractivity contribution is 7.10. The molecular weight excluding hydrogens is 304 g/mol. The van der Waals surface area contributed by atoms with Gasteiger partial charge in [-0.25, -0.2) is 4.79 Å². The molecule has 118 valence electrons. The van der Waals surface area contributed by atoms with Crippen LogP contribution in [-0.4, -0.2) is 29.3 Å². The second kappa shape index (κ2) is 5.85. The van der Waals surface area contributed by atoms with Crippen molar-refractivity contribution in [3.8, 4) is 0 Å². The number of rotatable bonds is 3. The Morgan fingerprint density at radius 3 is 3.05 bits per heavy atom. The van der Waals surface area contributed by atoms with E-state index in [1.54, 1.807) is 6.92 Å². The molecule has 2 heterocycles. The summed E-state index contributed by atoms with van der Waals surface area (Å²) in [6.45, 7) is 1.84. The van der Waals surface area contributed by atoms with Crippen molar-refractivity contribution in [2.45, 2.75) is 44.3 Å². The van der Waals surface area contributed by atoms with Crippen LogP contribution in [0.15, 0.2) is 28.8 Å². The van der Waals surface area contributed by atoms with Crippen LogP contribution >= 0.6 is 11.3 Å². The Hall–Kier alpha value is -1.66. The van der Waals surface area contributed by atoms with E-state index in [2.05, 4.69) is 0 Å². The molecule has 6 heteroatoms. The maximum Gasteiger partial charge on any atom is 0.379 e. The Morgan fingerprint density at radius 2 is 2.36 bits per heavy atom. The van der Waals surface area contributed by atoms with Crippen molar-refractivity contribution in [2.75, 3.05) is 6.61 Å². The fourth-order valence-corrected chi connectivity index (χ4v) is 3.89. The molecule has 1 aromatic rings. The first kappa shape index (κ1) is 15.2. The first-order valence-electron chi connectivity index (χ1n) is 7.43. The second-order valence-electron chi connectivity index (χ2n) is 5.49. The lowest BCUT2D eigenvalue weighted by Crippen LogP contribution is -2.48. The Labute approximate surface area is 132 Å². The van der Waals surface area contributed by atoms with Gasteiger partial charge < -0.3 is 14.6 Å². The van der Waals surface area contributed by atoms with Gasteiger partial charge in [-0.3, -0.25) is 4.79 Å². The van der Waals surface area contributed by atoms with Crippen LogP contribution in [0.4, 0.5) is 0 Å². The molecule has 2 unspecified atom stereocenters. The Kier molecular flexibility index (Phi) is 4.06. The molecule has 0 aromatic carbocycles. The Balaban J connectivity index is 2.02. The lowest BCUT2D eigenvalue weighted by molar-refractivity contribution is -0.224. The van der Waals surface area contributed by atoms with E-state index in [1.165, 1.54) is 11.3 Å². The van der Waals surface area contributed by atoms with E-state index in [0.29, 0.717) is 30.6 Å². The number of ketones is 1. The summed E-state index contributed by atoms with van der Waals surface area (Å²) < 4.78 is 10.5. The summed E-state index contributed by atoms with van der Waals surface area (Å²) in [7, 11) is 0. The number of hydrogen-bond donors (Lipinski definition) is 1. The molecule has 0 bridgehead atoms. The van der Waals surface area contributed by atoms with E-state index in [1.807, 2.05) is 17.5 Å². The second-order valence-corrected chi connectivity index (χ2v) is 6.47. The zero-order chi connectivity index (χ0) is 15.7. The quantitative estimate of drug-likeness (QED) is 0.866. The molecule has 1 N–H and O–H groups in total. The number of carbonyl (C=O) groups is 2. The monoisotopic (exact) mass is 322 g/mol. The number of hydrogen-bond acceptors (Lipinski definition) is 6. The highest BCUT2D eigenvalue weighted by atomic mass is 32.1. The van der Waals surface area contributed by atoms with Crippen LogP contribution in [0.1, 0.15) is 43.4 Å². The highest BCUT2D eigenvalue weighted by Gasteiger charge is 2.50. The summed E-state index contributed by atoms with van der Waals surface area (Å²) in [4.78, 5) is 25.4. The van der Waals surface area contributed by atoms with Gasteiger partial charge in [0.25, 0.3) is 0 Å². The largest absolute Gasteiger partial charge is 0.461 e. The van der Waals surface area contributed by atoms with Crippen LogP contribution in [0.25, 0.3) is 0 Å². The number of esters is 1. The maximum absolute atomic E-state index is 12.3. The van der Waals surface area contributed by atoms with Gasteiger partial charge in [-0.1, -0.05) is 6.07 Å². The van der Waals surface area contributed by atoms with Gasteiger partial charge in [-0.15, -0.1) is 11.3 Å². The number of thiophene rings is 1. The van der Waals surface area contributed by atoms with Crippen molar-refractivity contribution >= 4 is 23.1 Å². The number of ether oxygens (including phenoxy) is 2. The minimum absolute atomic E-state index is 0.0108. The molecule has 22 heavy (non-hydrogen) atoms. The van der Waals surface area contributed by atoms with Gasteiger partial charge in [0.2, 0.25) is 0 Å². The van der Waals surface area contributed by atoms with Crippen LogP contribution < -0.4 is 0 Å². The van der Waals surface area contributed by atoms with Gasteiger partial charge in [0.05, 0.1) is 6.61 Å². The summed E-state index contributed by atoms with van der Waals surface area (Å²) in [6.07, 6.45) is 1.73. The fourth-order valence-electron chi connectivity index (χ4n) is 3.05. The molecule has 0 amide bonds. The lowest BCUT2D eigenvalue weighted by Gasteiger charge is -2.39. The molecule has 1 aliphatic carbocycles.